The highest BCUT2D eigenvalue weighted by molar-refractivity contribution is 5.52. The van der Waals surface area contributed by atoms with E-state index in [1.807, 2.05) is 33.8 Å². The normalized spacial score (nSPS) is 16.7. The number of rotatable bonds is 6. The molecule has 0 aliphatic carbocycles. The molecular weight excluding hydrogens is 290 g/mol. The van der Waals surface area contributed by atoms with Crippen LogP contribution in [0, 0.1) is 0 Å². The number of carbonyl (C=O) groups excluding carboxylic acids is 2. The van der Waals surface area contributed by atoms with Gasteiger partial charge in [-0.2, -0.15) is 0 Å². The molecule has 1 fully saturated rings. The fourth-order valence-corrected chi connectivity index (χ4v) is 2.13. The van der Waals surface area contributed by atoms with E-state index >= 15 is 0 Å². The third-order valence-corrected chi connectivity index (χ3v) is 3.25. The fraction of sp³-hybridized carbons (Fsp3) is 0.778. The second-order valence-electron chi connectivity index (χ2n) is 4.52. The molecule has 1 heterocycles. The molecule has 0 saturated carbocycles. The lowest BCUT2D eigenvalue weighted by Crippen LogP contribution is -2.37. The minimum atomic E-state index is 0. The van der Waals surface area contributed by atoms with Crippen LogP contribution < -0.4 is 0 Å². The zero-order chi connectivity index (χ0) is 17.2. The standard InChI is InChI=1S/C13H23N3O2.2C2H6.CH4/c1-2-3-14-4-6-15(10-12-17)8-9-16(7-5-14)11-13-18;2*1-2;/h2,12-13H,1,3-11H2;2*1-2H3;1H4. The highest BCUT2D eigenvalue weighted by Gasteiger charge is 2.14. The molecule has 138 valence electrons. The monoisotopic (exact) mass is 329 g/mol. The van der Waals surface area contributed by atoms with Gasteiger partial charge in [0.1, 0.15) is 12.6 Å². The number of hydrogen-bond acceptors (Lipinski definition) is 5. The Labute approximate surface area is 144 Å². The Balaban J connectivity index is -0.000000739. The molecule has 0 aromatic rings. The topological polar surface area (TPSA) is 43.9 Å². The van der Waals surface area contributed by atoms with Crippen LogP contribution in [0.5, 0.6) is 0 Å². The van der Waals surface area contributed by atoms with E-state index in [0.29, 0.717) is 13.1 Å². The van der Waals surface area contributed by atoms with Crippen LogP contribution in [0.15, 0.2) is 12.7 Å². The minimum absolute atomic E-state index is 0. The van der Waals surface area contributed by atoms with Gasteiger partial charge in [0.05, 0.1) is 13.1 Å². The smallest absolute Gasteiger partial charge is 0.133 e. The van der Waals surface area contributed by atoms with E-state index < -0.39 is 0 Å². The molecule has 1 saturated heterocycles. The number of nitrogens with zero attached hydrogens (tertiary/aromatic N) is 3. The van der Waals surface area contributed by atoms with Crippen LogP contribution in [0.2, 0.25) is 0 Å². The molecule has 0 N–H and O–H groups in total. The molecule has 0 unspecified atom stereocenters. The van der Waals surface area contributed by atoms with Gasteiger partial charge >= 0.3 is 0 Å². The first-order valence-electron chi connectivity index (χ1n) is 8.45. The van der Waals surface area contributed by atoms with Crippen molar-refractivity contribution in [3.05, 3.63) is 12.7 Å². The molecular formula is C18H39N3O2. The highest BCUT2D eigenvalue weighted by Crippen LogP contribution is 1.99. The van der Waals surface area contributed by atoms with Gasteiger partial charge in [-0.3, -0.25) is 14.7 Å². The lowest BCUT2D eigenvalue weighted by atomic mass is 10.4. The third kappa shape index (κ3) is 14.3. The van der Waals surface area contributed by atoms with Crippen LogP contribution in [-0.4, -0.2) is 86.2 Å². The maximum absolute atomic E-state index is 10.6. The number of aldehydes is 2. The highest BCUT2D eigenvalue weighted by atomic mass is 16.1. The quantitative estimate of drug-likeness (QED) is 0.552. The van der Waals surface area contributed by atoms with E-state index in [2.05, 4.69) is 21.3 Å². The van der Waals surface area contributed by atoms with E-state index in [0.717, 1.165) is 58.4 Å². The van der Waals surface area contributed by atoms with E-state index in [4.69, 9.17) is 0 Å². The summed E-state index contributed by atoms with van der Waals surface area (Å²) in [6.07, 6.45) is 3.78. The maximum atomic E-state index is 10.6. The summed E-state index contributed by atoms with van der Waals surface area (Å²) in [4.78, 5) is 27.8. The third-order valence-electron chi connectivity index (χ3n) is 3.25. The van der Waals surface area contributed by atoms with Crippen molar-refractivity contribution < 1.29 is 9.59 Å². The molecule has 0 bridgehead atoms. The lowest BCUT2D eigenvalue weighted by molar-refractivity contribution is -0.110. The summed E-state index contributed by atoms with van der Waals surface area (Å²) in [6.45, 7) is 18.9. The van der Waals surface area contributed by atoms with Crippen LogP contribution in [0.25, 0.3) is 0 Å². The largest absolute Gasteiger partial charge is 0.302 e. The summed E-state index contributed by atoms with van der Waals surface area (Å²) in [5, 5.41) is 0. The first-order chi connectivity index (χ1) is 10.8. The molecule has 0 spiro atoms. The summed E-state index contributed by atoms with van der Waals surface area (Å²) in [7, 11) is 0. The molecule has 0 aromatic carbocycles. The van der Waals surface area contributed by atoms with Gasteiger partial charge in [-0.05, 0) is 0 Å². The Bertz CT molecular complexity index is 218. The maximum Gasteiger partial charge on any atom is 0.133 e. The predicted octanol–water partition coefficient (Wildman–Crippen LogP) is 2.18. The van der Waals surface area contributed by atoms with Crippen molar-refractivity contribution in [3.8, 4) is 0 Å². The second kappa shape index (κ2) is 21.0. The van der Waals surface area contributed by atoms with E-state index in [1.165, 1.54) is 0 Å². The number of hydrogen-bond donors (Lipinski definition) is 0. The van der Waals surface area contributed by atoms with Gasteiger partial charge in [0.15, 0.2) is 0 Å². The Morgan fingerprint density at radius 1 is 0.696 bits per heavy atom. The molecule has 1 aliphatic rings. The van der Waals surface area contributed by atoms with Gasteiger partial charge in [0.2, 0.25) is 0 Å². The summed E-state index contributed by atoms with van der Waals surface area (Å²) in [5.41, 5.74) is 0. The van der Waals surface area contributed by atoms with Crippen LogP contribution in [-0.2, 0) is 9.59 Å². The van der Waals surface area contributed by atoms with Crippen molar-refractivity contribution in [2.45, 2.75) is 35.1 Å². The Kier molecular flexibility index (Phi) is 24.5. The van der Waals surface area contributed by atoms with Crippen molar-refractivity contribution in [1.82, 2.24) is 14.7 Å². The Morgan fingerprint density at radius 2 is 0.957 bits per heavy atom. The van der Waals surface area contributed by atoms with Gasteiger partial charge in [-0.25, -0.2) is 0 Å². The van der Waals surface area contributed by atoms with E-state index in [9.17, 15) is 9.59 Å². The minimum Gasteiger partial charge on any atom is -0.302 e. The molecule has 5 heteroatoms. The first kappa shape index (κ1) is 26.8. The van der Waals surface area contributed by atoms with Crippen LogP contribution in [0.1, 0.15) is 35.1 Å². The van der Waals surface area contributed by atoms with E-state index in [-0.39, 0.29) is 7.43 Å². The van der Waals surface area contributed by atoms with Crippen molar-refractivity contribution in [1.29, 1.82) is 0 Å². The first-order valence-corrected chi connectivity index (χ1v) is 8.45. The fourth-order valence-electron chi connectivity index (χ4n) is 2.13. The van der Waals surface area contributed by atoms with E-state index in [1.54, 1.807) is 0 Å². The molecule has 5 nitrogen and oxygen atoms in total. The average molecular weight is 330 g/mol. The van der Waals surface area contributed by atoms with Gasteiger partial charge in [0.25, 0.3) is 0 Å². The zero-order valence-electron chi connectivity index (χ0n) is 15.0. The van der Waals surface area contributed by atoms with Gasteiger partial charge in [-0.15, -0.1) is 6.58 Å². The Morgan fingerprint density at radius 3 is 1.17 bits per heavy atom. The molecule has 0 atom stereocenters. The van der Waals surface area contributed by atoms with Crippen molar-refractivity contribution in [3.63, 3.8) is 0 Å². The lowest BCUT2D eigenvalue weighted by Gasteiger charge is -2.23. The summed E-state index contributed by atoms with van der Waals surface area (Å²) >= 11 is 0. The van der Waals surface area contributed by atoms with Crippen LogP contribution in [0.4, 0.5) is 0 Å². The predicted molar refractivity (Wildman–Crippen MR) is 101 cm³/mol. The molecule has 23 heavy (non-hydrogen) atoms. The summed E-state index contributed by atoms with van der Waals surface area (Å²) in [5.74, 6) is 0. The molecule has 1 aliphatic heterocycles. The van der Waals surface area contributed by atoms with Crippen LogP contribution >= 0.6 is 0 Å². The Hall–Kier alpha value is -1.04. The summed E-state index contributed by atoms with van der Waals surface area (Å²) in [6, 6.07) is 0. The van der Waals surface area contributed by atoms with Crippen molar-refractivity contribution in [2.75, 3.05) is 58.9 Å². The molecule has 0 amide bonds. The van der Waals surface area contributed by atoms with Crippen molar-refractivity contribution in [2.24, 2.45) is 0 Å². The van der Waals surface area contributed by atoms with Gasteiger partial charge < -0.3 is 9.59 Å². The van der Waals surface area contributed by atoms with Crippen LogP contribution in [0.3, 0.4) is 0 Å². The zero-order valence-corrected chi connectivity index (χ0v) is 15.0. The molecule has 0 radical (unpaired) electrons. The van der Waals surface area contributed by atoms with Gasteiger partial charge in [-0.1, -0.05) is 41.2 Å². The van der Waals surface area contributed by atoms with Gasteiger partial charge in [0, 0.05) is 45.8 Å². The average Bonchev–Trinajstić information content (AvgIpc) is 2.65. The summed E-state index contributed by atoms with van der Waals surface area (Å²) < 4.78 is 0. The second-order valence-corrected chi connectivity index (χ2v) is 4.52. The number of carbonyl (C=O) groups is 2. The molecule has 0 aromatic heterocycles. The SMILES string of the molecule is C.C=CCN1CCN(CC=O)CCN(CC=O)CC1.CC.CC. The van der Waals surface area contributed by atoms with Crippen molar-refractivity contribution >= 4 is 12.6 Å². The molecule has 1 rings (SSSR count).